The second kappa shape index (κ2) is 5.09. The minimum Gasteiger partial charge on any atom is -0.340 e. The lowest BCUT2D eigenvalue weighted by Crippen LogP contribution is -2.53. The number of hydrogen-bond donors (Lipinski definition) is 2. The zero-order valence-electron chi connectivity index (χ0n) is 9.30. The molecule has 94 valence electrons. The van der Waals surface area contributed by atoms with Crippen LogP contribution in [0.5, 0.6) is 0 Å². The molecule has 0 aromatic rings. The van der Waals surface area contributed by atoms with E-state index >= 15 is 0 Å². The fourth-order valence-corrected chi connectivity index (χ4v) is 2.25. The van der Waals surface area contributed by atoms with Crippen molar-refractivity contribution in [3.8, 4) is 0 Å². The zero-order valence-corrected chi connectivity index (χ0v) is 10.1. The van der Waals surface area contributed by atoms with Crippen LogP contribution in [-0.4, -0.2) is 56.3 Å². The van der Waals surface area contributed by atoms with Gasteiger partial charge in [-0.1, -0.05) is 6.92 Å². The summed E-state index contributed by atoms with van der Waals surface area (Å²) in [5.74, 6) is -0.252. The van der Waals surface area contributed by atoms with Crippen molar-refractivity contribution >= 4 is 16.1 Å². The number of carbonyl (C=O) groups is 1. The number of hydrogen-bond acceptors (Lipinski definition) is 4. The summed E-state index contributed by atoms with van der Waals surface area (Å²) in [6, 6.07) is 0. The number of rotatable bonds is 3. The molecule has 8 heteroatoms. The molecule has 7 nitrogen and oxygen atoms in total. The van der Waals surface area contributed by atoms with Gasteiger partial charge >= 0.3 is 0 Å². The van der Waals surface area contributed by atoms with E-state index in [-0.39, 0.29) is 24.9 Å². The van der Waals surface area contributed by atoms with Gasteiger partial charge in [-0.15, -0.1) is 0 Å². The fourth-order valence-electron chi connectivity index (χ4n) is 1.58. The predicted molar refractivity (Wildman–Crippen MR) is 59.5 cm³/mol. The Morgan fingerprint density at radius 2 is 1.81 bits per heavy atom. The van der Waals surface area contributed by atoms with Crippen LogP contribution in [0.3, 0.4) is 0 Å². The first kappa shape index (κ1) is 13.4. The maximum absolute atomic E-state index is 11.7. The first-order valence-electron chi connectivity index (χ1n) is 5.13. The quantitative estimate of drug-likeness (QED) is 0.599. The maximum Gasteiger partial charge on any atom is 0.277 e. The van der Waals surface area contributed by atoms with Crippen molar-refractivity contribution in [1.29, 1.82) is 0 Å². The van der Waals surface area contributed by atoms with E-state index in [1.54, 1.807) is 11.8 Å². The molecule has 4 N–H and O–H groups in total. The number of nitrogens with zero attached hydrogens (tertiary/aromatic N) is 2. The molecule has 1 atom stereocenters. The third-order valence-corrected chi connectivity index (χ3v) is 3.77. The highest BCUT2D eigenvalue weighted by molar-refractivity contribution is 7.86. The van der Waals surface area contributed by atoms with Crippen molar-refractivity contribution in [1.82, 2.24) is 9.21 Å². The van der Waals surface area contributed by atoms with E-state index in [2.05, 4.69) is 0 Å². The second-order valence-electron chi connectivity index (χ2n) is 3.91. The monoisotopic (exact) mass is 250 g/mol. The molecule has 1 heterocycles. The zero-order chi connectivity index (χ0) is 12.3. The van der Waals surface area contributed by atoms with Gasteiger partial charge in [0.05, 0.1) is 0 Å². The number of nitrogens with two attached hydrogens (primary N) is 2. The van der Waals surface area contributed by atoms with Gasteiger partial charge in [-0.05, 0) is 0 Å². The Hall–Kier alpha value is -0.700. The molecule has 1 unspecified atom stereocenters. The molecule has 0 aromatic heterocycles. The minimum atomic E-state index is -3.63. The van der Waals surface area contributed by atoms with Gasteiger partial charge in [0.25, 0.3) is 10.2 Å². The van der Waals surface area contributed by atoms with Gasteiger partial charge in [-0.3, -0.25) is 4.79 Å². The van der Waals surface area contributed by atoms with Crippen LogP contribution in [0.15, 0.2) is 0 Å². The Balaban J connectivity index is 2.53. The first-order chi connectivity index (χ1) is 7.36. The van der Waals surface area contributed by atoms with Crippen LogP contribution in [0, 0.1) is 5.92 Å². The molecule has 0 aliphatic carbocycles. The highest BCUT2D eigenvalue weighted by Crippen LogP contribution is 2.08. The van der Waals surface area contributed by atoms with Crippen molar-refractivity contribution in [3.63, 3.8) is 0 Å². The number of piperazine rings is 1. The molecular formula is C8H18N4O3S. The summed E-state index contributed by atoms with van der Waals surface area (Å²) in [5, 5.41) is 4.99. The molecule has 1 saturated heterocycles. The molecule has 1 aliphatic rings. The molecule has 0 bridgehead atoms. The largest absolute Gasteiger partial charge is 0.340 e. The highest BCUT2D eigenvalue weighted by atomic mass is 32.2. The molecule has 0 saturated carbocycles. The van der Waals surface area contributed by atoms with Crippen molar-refractivity contribution < 1.29 is 13.2 Å². The molecule has 0 spiro atoms. The average molecular weight is 250 g/mol. The summed E-state index contributed by atoms with van der Waals surface area (Å²) in [4.78, 5) is 13.4. The topological polar surface area (TPSA) is 110 Å². The third-order valence-electron chi connectivity index (χ3n) is 2.69. The molecule has 1 fully saturated rings. The lowest BCUT2D eigenvalue weighted by molar-refractivity contribution is -0.135. The Bertz CT molecular complexity index is 348. The Labute approximate surface area is 95.5 Å². The van der Waals surface area contributed by atoms with Crippen LogP contribution in [0.25, 0.3) is 0 Å². The van der Waals surface area contributed by atoms with E-state index < -0.39 is 10.2 Å². The molecule has 0 radical (unpaired) electrons. The molecule has 1 rings (SSSR count). The third kappa shape index (κ3) is 3.14. The fraction of sp³-hybridized carbons (Fsp3) is 0.875. The van der Waals surface area contributed by atoms with Gasteiger partial charge < -0.3 is 10.6 Å². The van der Waals surface area contributed by atoms with Crippen LogP contribution in [0.4, 0.5) is 0 Å². The Morgan fingerprint density at radius 3 is 2.19 bits per heavy atom. The highest BCUT2D eigenvalue weighted by Gasteiger charge is 2.27. The van der Waals surface area contributed by atoms with Gasteiger partial charge in [-0.25, -0.2) is 5.14 Å². The van der Waals surface area contributed by atoms with Crippen LogP contribution < -0.4 is 10.9 Å². The molecule has 0 aromatic carbocycles. The summed E-state index contributed by atoms with van der Waals surface area (Å²) in [6.07, 6.45) is 0. The van der Waals surface area contributed by atoms with Crippen LogP contribution in [0.1, 0.15) is 6.92 Å². The number of carbonyl (C=O) groups excluding carboxylic acids is 1. The first-order valence-corrected chi connectivity index (χ1v) is 6.63. The second-order valence-corrected chi connectivity index (χ2v) is 5.45. The molecule has 1 aliphatic heterocycles. The maximum atomic E-state index is 11.7. The Kier molecular flexibility index (Phi) is 4.25. The molecule has 1 amide bonds. The number of amides is 1. The van der Waals surface area contributed by atoms with Crippen molar-refractivity contribution in [3.05, 3.63) is 0 Å². The van der Waals surface area contributed by atoms with Crippen molar-refractivity contribution in [2.45, 2.75) is 6.92 Å². The van der Waals surface area contributed by atoms with Crippen molar-refractivity contribution in [2.24, 2.45) is 16.8 Å². The Morgan fingerprint density at radius 1 is 1.31 bits per heavy atom. The summed E-state index contributed by atoms with van der Waals surface area (Å²) in [7, 11) is -3.63. The average Bonchev–Trinajstić information content (AvgIpc) is 2.26. The van der Waals surface area contributed by atoms with Crippen LogP contribution in [0.2, 0.25) is 0 Å². The van der Waals surface area contributed by atoms with Gasteiger partial charge in [0.1, 0.15) is 0 Å². The van der Waals surface area contributed by atoms with Gasteiger partial charge in [0.2, 0.25) is 5.91 Å². The predicted octanol–water partition coefficient (Wildman–Crippen LogP) is -2.07. The SMILES string of the molecule is CC(CN)C(=O)N1CCN(S(N)(=O)=O)CC1. The van der Waals surface area contributed by atoms with Gasteiger partial charge in [0.15, 0.2) is 0 Å². The standard InChI is InChI=1S/C8H18N4O3S/c1-7(6-9)8(13)11-2-4-12(5-3-11)16(10,14)15/h7H,2-6,9H2,1H3,(H2,10,14,15). The van der Waals surface area contributed by atoms with E-state index in [9.17, 15) is 13.2 Å². The van der Waals surface area contributed by atoms with E-state index in [1.165, 1.54) is 4.31 Å². The molecular weight excluding hydrogens is 232 g/mol. The van der Waals surface area contributed by atoms with Gasteiger partial charge in [0, 0.05) is 38.6 Å². The summed E-state index contributed by atoms with van der Waals surface area (Å²) >= 11 is 0. The van der Waals surface area contributed by atoms with Crippen molar-refractivity contribution in [2.75, 3.05) is 32.7 Å². The van der Waals surface area contributed by atoms with E-state index in [0.29, 0.717) is 19.6 Å². The summed E-state index contributed by atoms with van der Waals surface area (Å²) < 4.78 is 23.2. The minimum absolute atomic E-state index is 0.0310. The molecule has 16 heavy (non-hydrogen) atoms. The lowest BCUT2D eigenvalue weighted by Gasteiger charge is -2.34. The van der Waals surface area contributed by atoms with E-state index in [4.69, 9.17) is 10.9 Å². The summed E-state index contributed by atoms with van der Waals surface area (Å²) in [6.45, 7) is 3.31. The smallest absolute Gasteiger partial charge is 0.277 e. The van der Waals surface area contributed by atoms with Gasteiger partial charge in [-0.2, -0.15) is 12.7 Å². The van der Waals surface area contributed by atoms with E-state index in [0.717, 1.165) is 0 Å². The summed E-state index contributed by atoms with van der Waals surface area (Å²) in [5.41, 5.74) is 5.40. The lowest BCUT2D eigenvalue weighted by atomic mass is 10.1. The van der Waals surface area contributed by atoms with E-state index in [1.807, 2.05) is 0 Å². The van der Waals surface area contributed by atoms with Crippen LogP contribution >= 0.6 is 0 Å². The van der Waals surface area contributed by atoms with Crippen LogP contribution in [-0.2, 0) is 15.0 Å². The normalized spacial score (nSPS) is 20.8.